The predicted molar refractivity (Wildman–Crippen MR) is 69.7 cm³/mol. The Kier molecular flexibility index (Phi) is 3.39. The summed E-state index contributed by atoms with van der Waals surface area (Å²) >= 11 is 0. The lowest BCUT2D eigenvalue weighted by atomic mass is 9.55. The summed E-state index contributed by atoms with van der Waals surface area (Å²) in [6.07, 6.45) is 2.67. The van der Waals surface area contributed by atoms with Crippen LogP contribution in [0.3, 0.4) is 0 Å². The molecular weight excluding hydrogens is 212 g/mol. The summed E-state index contributed by atoms with van der Waals surface area (Å²) in [5.41, 5.74) is 1.39. The molecule has 0 aromatic rings. The Balaban J connectivity index is 2.41. The van der Waals surface area contributed by atoms with Crippen molar-refractivity contribution >= 4 is 0 Å². The molecule has 2 aliphatic rings. The van der Waals surface area contributed by atoms with Gasteiger partial charge in [-0.05, 0) is 24.7 Å². The van der Waals surface area contributed by atoms with Gasteiger partial charge in [0.25, 0.3) is 0 Å². The van der Waals surface area contributed by atoms with Crippen LogP contribution in [0.4, 0.5) is 0 Å². The van der Waals surface area contributed by atoms with E-state index < -0.39 is 0 Å². The Morgan fingerprint density at radius 3 is 2.65 bits per heavy atom. The highest BCUT2D eigenvalue weighted by Crippen LogP contribution is 2.53. The molecule has 0 amide bonds. The van der Waals surface area contributed by atoms with Gasteiger partial charge in [-0.15, -0.1) is 0 Å². The first-order valence-corrected chi connectivity index (χ1v) is 6.85. The highest BCUT2D eigenvalue weighted by molar-refractivity contribution is 5.21. The molecule has 0 saturated carbocycles. The van der Waals surface area contributed by atoms with Gasteiger partial charge in [-0.25, -0.2) is 0 Å². The molecule has 1 fully saturated rings. The average Bonchev–Trinajstić information content (AvgIpc) is 2.26. The molecule has 1 aliphatic carbocycles. The lowest BCUT2D eigenvalue weighted by Gasteiger charge is -2.55. The van der Waals surface area contributed by atoms with Crippen LogP contribution in [-0.2, 0) is 4.74 Å². The third-order valence-corrected chi connectivity index (χ3v) is 5.24. The molecule has 0 aromatic heterocycles. The molecule has 5 atom stereocenters. The molecule has 1 heterocycles. The number of ether oxygens (including phenoxy) is 1. The number of allylic oxidation sites excluding steroid dienone is 1. The van der Waals surface area contributed by atoms with E-state index in [1.807, 2.05) is 0 Å². The van der Waals surface area contributed by atoms with E-state index in [1.54, 1.807) is 0 Å². The molecule has 2 nitrogen and oxygen atoms in total. The van der Waals surface area contributed by atoms with Gasteiger partial charge >= 0.3 is 0 Å². The minimum absolute atomic E-state index is 0.0600. The Morgan fingerprint density at radius 1 is 1.47 bits per heavy atom. The topological polar surface area (TPSA) is 29.5 Å². The largest absolute Gasteiger partial charge is 0.396 e. The number of hydrogen-bond donors (Lipinski definition) is 1. The number of aliphatic hydroxyl groups is 1. The van der Waals surface area contributed by atoms with E-state index in [4.69, 9.17) is 4.74 Å². The standard InChI is InChI=1S/C15H26O2/c1-9(2)14-13-10(3)6-11(4)15(7-16,8-17-14)12(13)5/h6,9,11-14,16H,7-8H2,1-5H3/t11-,12+,13-,14+,15+/m0/s1. The van der Waals surface area contributed by atoms with Crippen molar-refractivity contribution in [2.75, 3.05) is 13.2 Å². The maximum atomic E-state index is 9.84. The molecule has 0 aromatic carbocycles. The van der Waals surface area contributed by atoms with Crippen LogP contribution in [0.5, 0.6) is 0 Å². The van der Waals surface area contributed by atoms with E-state index in [-0.39, 0.29) is 12.0 Å². The molecule has 1 saturated heterocycles. The second-order valence-electron chi connectivity index (χ2n) is 6.42. The lowest BCUT2D eigenvalue weighted by molar-refractivity contribution is -0.174. The zero-order chi connectivity index (χ0) is 12.8. The first-order valence-electron chi connectivity index (χ1n) is 6.85. The van der Waals surface area contributed by atoms with E-state index in [0.717, 1.165) is 0 Å². The van der Waals surface area contributed by atoms with Crippen LogP contribution in [0.25, 0.3) is 0 Å². The van der Waals surface area contributed by atoms with Crippen molar-refractivity contribution in [3.63, 3.8) is 0 Å². The maximum Gasteiger partial charge on any atom is 0.0666 e. The van der Waals surface area contributed by atoms with Gasteiger partial charge in [0.15, 0.2) is 0 Å². The van der Waals surface area contributed by atoms with Gasteiger partial charge in [0.05, 0.1) is 19.3 Å². The van der Waals surface area contributed by atoms with Crippen LogP contribution in [0, 0.1) is 29.1 Å². The molecule has 98 valence electrons. The highest BCUT2D eigenvalue weighted by atomic mass is 16.5. The maximum absolute atomic E-state index is 9.84. The molecule has 0 unspecified atom stereocenters. The normalized spacial score (nSPS) is 45.9. The van der Waals surface area contributed by atoms with E-state index in [1.165, 1.54) is 5.57 Å². The average molecular weight is 238 g/mol. The van der Waals surface area contributed by atoms with Gasteiger partial charge in [-0.1, -0.05) is 39.3 Å². The minimum atomic E-state index is -0.0600. The summed E-state index contributed by atoms with van der Waals surface area (Å²) < 4.78 is 6.11. The molecule has 1 aliphatic heterocycles. The Hall–Kier alpha value is -0.340. The zero-order valence-corrected chi connectivity index (χ0v) is 11.7. The Morgan fingerprint density at radius 2 is 2.12 bits per heavy atom. The second kappa shape index (κ2) is 4.40. The highest BCUT2D eigenvalue weighted by Gasteiger charge is 2.53. The van der Waals surface area contributed by atoms with Crippen LogP contribution >= 0.6 is 0 Å². The van der Waals surface area contributed by atoms with E-state index in [9.17, 15) is 5.11 Å². The first kappa shape index (κ1) is 13.1. The van der Waals surface area contributed by atoms with E-state index in [0.29, 0.717) is 36.4 Å². The molecule has 2 bridgehead atoms. The number of aliphatic hydroxyl groups excluding tert-OH is 1. The van der Waals surface area contributed by atoms with Gasteiger partial charge < -0.3 is 9.84 Å². The summed E-state index contributed by atoms with van der Waals surface area (Å²) in [5, 5.41) is 9.84. The summed E-state index contributed by atoms with van der Waals surface area (Å²) in [4.78, 5) is 0. The van der Waals surface area contributed by atoms with Crippen molar-refractivity contribution in [2.45, 2.75) is 40.7 Å². The lowest BCUT2D eigenvalue weighted by Crippen LogP contribution is -2.57. The van der Waals surface area contributed by atoms with Crippen LogP contribution < -0.4 is 0 Å². The van der Waals surface area contributed by atoms with Crippen molar-refractivity contribution in [1.29, 1.82) is 0 Å². The van der Waals surface area contributed by atoms with Crippen LogP contribution in [0.15, 0.2) is 11.6 Å². The van der Waals surface area contributed by atoms with E-state index >= 15 is 0 Å². The summed E-state index contributed by atoms with van der Waals surface area (Å²) in [7, 11) is 0. The number of rotatable bonds is 2. The van der Waals surface area contributed by atoms with Crippen LogP contribution in [0.2, 0.25) is 0 Å². The van der Waals surface area contributed by atoms with Gasteiger partial charge in [-0.3, -0.25) is 0 Å². The molecule has 17 heavy (non-hydrogen) atoms. The molecule has 0 spiro atoms. The van der Waals surface area contributed by atoms with Gasteiger partial charge in [0.1, 0.15) is 0 Å². The number of fused-ring (bicyclic) bond motifs is 2. The Bertz CT molecular complexity index is 321. The molecular formula is C15H26O2. The van der Waals surface area contributed by atoms with Crippen molar-refractivity contribution in [3.8, 4) is 0 Å². The predicted octanol–water partition coefficient (Wildman–Crippen LogP) is 2.87. The van der Waals surface area contributed by atoms with Crippen molar-refractivity contribution in [2.24, 2.45) is 29.1 Å². The fraction of sp³-hybridized carbons (Fsp3) is 0.867. The molecule has 2 heteroatoms. The summed E-state index contributed by atoms with van der Waals surface area (Å²) in [6, 6.07) is 0. The quantitative estimate of drug-likeness (QED) is 0.750. The van der Waals surface area contributed by atoms with Gasteiger partial charge in [0.2, 0.25) is 0 Å². The minimum Gasteiger partial charge on any atom is -0.396 e. The zero-order valence-electron chi connectivity index (χ0n) is 11.7. The molecule has 2 rings (SSSR count). The van der Waals surface area contributed by atoms with Crippen molar-refractivity contribution < 1.29 is 9.84 Å². The third kappa shape index (κ3) is 1.77. The third-order valence-electron chi connectivity index (χ3n) is 5.24. The smallest absolute Gasteiger partial charge is 0.0666 e. The van der Waals surface area contributed by atoms with Crippen molar-refractivity contribution in [3.05, 3.63) is 11.6 Å². The van der Waals surface area contributed by atoms with Crippen LogP contribution in [0.1, 0.15) is 34.6 Å². The SMILES string of the molecule is CC1=C[C@H](C)[C@@]2(CO)CO[C@H](C(C)C)[C@@H]1[C@H]2C. The van der Waals surface area contributed by atoms with E-state index in [2.05, 4.69) is 40.7 Å². The monoisotopic (exact) mass is 238 g/mol. The fourth-order valence-corrected chi connectivity index (χ4v) is 3.94. The van der Waals surface area contributed by atoms with Crippen molar-refractivity contribution in [1.82, 2.24) is 0 Å². The Labute approximate surface area is 105 Å². The number of hydrogen-bond acceptors (Lipinski definition) is 2. The molecule has 1 N–H and O–H groups in total. The summed E-state index contributed by atoms with van der Waals surface area (Å²) in [6.45, 7) is 12.1. The van der Waals surface area contributed by atoms with Gasteiger partial charge in [-0.2, -0.15) is 0 Å². The fourth-order valence-electron chi connectivity index (χ4n) is 3.94. The molecule has 0 radical (unpaired) electrons. The van der Waals surface area contributed by atoms with Gasteiger partial charge in [0, 0.05) is 11.3 Å². The first-order chi connectivity index (χ1) is 7.94. The second-order valence-corrected chi connectivity index (χ2v) is 6.42. The summed E-state index contributed by atoms with van der Waals surface area (Å²) in [5.74, 6) is 1.93. The van der Waals surface area contributed by atoms with Crippen LogP contribution in [-0.4, -0.2) is 24.4 Å².